The van der Waals surface area contributed by atoms with Crippen LogP contribution in [-0.4, -0.2) is 5.78 Å². The molecule has 0 radical (unpaired) electrons. The van der Waals surface area contributed by atoms with Crippen molar-refractivity contribution in [2.24, 2.45) is 22.7 Å². The average molecular weight is 447 g/mol. The number of fused-ring (bicyclic) bond motifs is 1. The van der Waals surface area contributed by atoms with Crippen molar-refractivity contribution in [2.75, 3.05) is 0 Å². The Hall–Kier alpha value is -2.18. The maximum atomic E-state index is 14.6. The zero-order chi connectivity index (χ0) is 22.8. The Labute approximate surface area is 193 Å². The third-order valence-electron chi connectivity index (χ3n) is 8.39. The number of benzene rings is 2. The second kappa shape index (κ2) is 8.99. The van der Waals surface area contributed by atoms with Gasteiger partial charge in [0.15, 0.2) is 7.14 Å². The van der Waals surface area contributed by atoms with Crippen molar-refractivity contribution >= 4 is 23.5 Å². The van der Waals surface area contributed by atoms with Crippen LogP contribution in [0.1, 0.15) is 52.4 Å². The van der Waals surface area contributed by atoms with Crippen molar-refractivity contribution in [3.63, 3.8) is 0 Å². The highest BCUT2D eigenvalue weighted by Crippen LogP contribution is 2.61. The molecule has 4 atom stereocenters. The summed E-state index contributed by atoms with van der Waals surface area (Å²) in [4.78, 5) is 13.3. The van der Waals surface area contributed by atoms with E-state index in [1.165, 1.54) is 0 Å². The minimum absolute atomic E-state index is 0.184. The number of Topliss-reactive ketones (excluding diaryl/α,β-unsaturated/α-hetero) is 1. The quantitative estimate of drug-likeness (QED) is 0.358. The number of allylic oxidation sites excluding steroid dienone is 2. The van der Waals surface area contributed by atoms with Crippen molar-refractivity contribution in [3.05, 3.63) is 85.2 Å². The molecule has 168 valence electrons. The summed E-state index contributed by atoms with van der Waals surface area (Å²) in [6, 6.07) is 19.6. The lowest BCUT2D eigenvalue weighted by molar-refractivity contribution is -0.146. The molecule has 2 aliphatic carbocycles. The van der Waals surface area contributed by atoms with Crippen molar-refractivity contribution in [1.82, 2.24) is 0 Å². The number of hydrogen-bond donors (Lipinski definition) is 0. The summed E-state index contributed by atoms with van der Waals surface area (Å²) in [6.45, 7) is 8.59. The summed E-state index contributed by atoms with van der Waals surface area (Å²) in [5.74, 6) is 3.09. The second-order valence-electron chi connectivity index (χ2n) is 9.97. The summed E-state index contributed by atoms with van der Waals surface area (Å²) in [6.07, 6.45) is 9.57. The monoisotopic (exact) mass is 446 g/mol. The standard InChI is InChI=1S/C29H35O2P/c1-4-19-29-20-18-23(2)28(3,26(29)16-11-17-27(29)30)21-22-32(31,24-12-7-5-8-13-24)25-14-9-6-10-15-25/h4-10,12-15,21-23,26H,1,11,16-20H2,2-3H3/b22-21+/t23-,26-,28+,29+/m1/s1. The molecule has 3 heteroatoms. The molecule has 0 bridgehead atoms. The molecule has 2 aromatic rings. The van der Waals surface area contributed by atoms with E-state index in [0.29, 0.717) is 18.1 Å². The van der Waals surface area contributed by atoms with Crippen LogP contribution in [-0.2, 0) is 9.36 Å². The van der Waals surface area contributed by atoms with Crippen LogP contribution in [0.5, 0.6) is 0 Å². The van der Waals surface area contributed by atoms with Gasteiger partial charge in [0.1, 0.15) is 5.78 Å². The first-order valence-electron chi connectivity index (χ1n) is 11.9. The minimum atomic E-state index is -2.95. The van der Waals surface area contributed by atoms with Gasteiger partial charge in [-0.05, 0) is 55.2 Å². The SMILES string of the molecule is C=CC[C@]12CC[C@@H](C)[C@](C)(/C=C/P(=O)(c3ccccc3)c3ccccc3)[C@H]1CCCC2=O. The van der Waals surface area contributed by atoms with Gasteiger partial charge in [0.05, 0.1) is 0 Å². The van der Waals surface area contributed by atoms with Gasteiger partial charge >= 0.3 is 0 Å². The fraction of sp³-hybridized carbons (Fsp3) is 0.414. The summed E-state index contributed by atoms with van der Waals surface area (Å²) in [5.41, 5.74) is -0.494. The number of carbonyl (C=O) groups excluding carboxylic acids is 1. The van der Waals surface area contributed by atoms with E-state index in [-0.39, 0.29) is 16.7 Å². The van der Waals surface area contributed by atoms with Crippen LogP contribution >= 0.6 is 7.14 Å². The lowest BCUT2D eigenvalue weighted by atomic mass is 9.46. The Morgan fingerprint density at radius 2 is 1.62 bits per heavy atom. The average Bonchev–Trinajstić information content (AvgIpc) is 2.83. The Kier molecular flexibility index (Phi) is 6.46. The highest BCUT2D eigenvalue weighted by atomic mass is 31.2. The molecule has 32 heavy (non-hydrogen) atoms. The van der Waals surface area contributed by atoms with E-state index < -0.39 is 7.14 Å². The Balaban J connectivity index is 1.82. The normalized spacial score (nSPS) is 30.8. The van der Waals surface area contributed by atoms with Gasteiger partial charge in [0.25, 0.3) is 0 Å². The number of hydrogen-bond acceptors (Lipinski definition) is 2. The summed E-state index contributed by atoms with van der Waals surface area (Å²) in [5, 5.41) is 1.71. The first kappa shape index (κ1) is 23.0. The van der Waals surface area contributed by atoms with Crippen LogP contribution in [0.4, 0.5) is 0 Å². The molecule has 0 aromatic heterocycles. The lowest BCUT2D eigenvalue weighted by Gasteiger charge is -2.57. The largest absolute Gasteiger partial charge is 0.309 e. The highest BCUT2D eigenvalue weighted by molar-refractivity contribution is 7.81. The molecule has 0 amide bonds. The van der Waals surface area contributed by atoms with Gasteiger partial charge in [0, 0.05) is 22.4 Å². The maximum absolute atomic E-state index is 14.6. The number of ketones is 1. The van der Waals surface area contributed by atoms with E-state index in [9.17, 15) is 9.36 Å². The molecule has 0 aliphatic heterocycles. The fourth-order valence-electron chi connectivity index (χ4n) is 6.32. The summed E-state index contributed by atoms with van der Waals surface area (Å²) >= 11 is 0. The molecule has 0 N–H and O–H groups in total. The molecule has 0 heterocycles. The molecular weight excluding hydrogens is 411 g/mol. The number of carbonyl (C=O) groups is 1. The fourth-order valence-corrected chi connectivity index (χ4v) is 8.72. The molecule has 0 spiro atoms. The topological polar surface area (TPSA) is 34.1 Å². The first-order valence-corrected chi connectivity index (χ1v) is 13.7. The molecule has 2 aromatic carbocycles. The zero-order valence-electron chi connectivity index (χ0n) is 19.4. The van der Waals surface area contributed by atoms with E-state index in [2.05, 4.69) is 26.5 Å². The molecule has 4 rings (SSSR count). The molecule has 2 nitrogen and oxygen atoms in total. The van der Waals surface area contributed by atoms with Crippen LogP contribution in [0.3, 0.4) is 0 Å². The van der Waals surface area contributed by atoms with Crippen molar-refractivity contribution < 1.29 is 9.36 Å². The molecule has 2 saturated carbocycles. The molecular formula is C29H35O2P. The van der Waals surface area contributed by atoms with E-state index in [0.717, 1.165) is 42.7 Å². The van der Waals surface area contributed by atoms with Gasteiger partial charge in [0.2, 0.25) is 0 Å². The second-order valence-corrected chi connectivity index (χ2v) is 12.6. The van der Waals surface area contributed by atoms with Gasteiger partial charge in [-0.25, -0.2) is 0 Å². The lowest BCUT2D eigenvalue weighted by Crippen LogP contribution is -2.54. The van der Waals surface area contributed by atoms with Crippen LogP contribution < -0.4 is 10.6 Å². The zero-order valence-corrected chi connectivity index (χ0v) is 20.3. The van der Waals surface area contributed by atoms with E-state index in [1.807, 2.05) is 72.6 Å². The van der Waals surface area contributed by atoms with E-state index in [1.54, 1.807) is 0 Å². The van der Waals surface area contributed by atoms with Crippen molar-refractivity contribution in [2.45, 2.75) is 52.4 Å². The molecule has 2 aliphatic rings. The maximum Gasteiger partial charge on any atom is 0.163 e. The molecule has 2 fully saturated rings. The Morgan fingerprint density at radius 1 is 1.03 bits per heavy atom. The van der Waals surface area contributed by atoms with Crippen LogP contribution in [0, 0.1) is 22.7 Å². The van der Waals surface area contributed by atoms with Crippen molar-refractivity contribution in [1.29, 1.82) is 0 Å². The van der Waals surface area contributed by atoms with Gasteiger partial charge in [-0.2, -0.15) is 0 Å². The van der Waals surface area contributed by atoms with Crippen LogP contribution in [0.2, 0.25) is 0 Å². The summed E-state index contributed by atoms with van der Waals surface area (Å²) in [7, 11) is -2.95. The van der Waals surface area contributed by atoms with E-state index in [4.69, 9.17) is 0 Å². The van der Waals surface area contributed by atoms with Gasteiger partial charge in [-0.15, -0.1) is 6.58 Å². The minimum Gasteiger partial charge on any atom is -0.309 e. The van der Waals surface area contributed by atoms with Gasteiger partial charge in [-0.3, -0.25) is 4.79 Å². The highest BCUT2D eigenvalue weighted by Gasteiger charge is 2.57. The predicted molar refractivity (Wildman–Crippen MR) is 135 cm³/mol. The van der Waals surface area contributed by atoms with Gasteiger partial charge < -0.3 is 4.57 Å². The van der Waals surface area contributed by atoms with Crippen LogP contribution in [0.25, 0.3) is 0 Å². The van der Waals surface area contributed by atoms with Crippen molar-refractivity contribution in [3.8, 4) is 0 Å². The first-order chi connectivity index (χ1) is 15.4. The van der Waals surface area contributed by atoms with Crippen LogP contribution in [0.15, 0.2) is 85.2 Å². The smallest absolute Gasteiger partial charge is 0.163 e. The predicted octanol–water partition coefficient (Wildman–Crippen LogP) is 6.88. The van der Waals surface area contributed by atoms with E-state index >= 15 is 0 Å². The number of rotatable bonds is 6. The molecule has 0 unspecified atom stereocenters. The summed E-state index contributed by atoms with van der Waals surface area (Å²) < 4.78 is 14.6. The third-order valence-corrected chi connectivity index (χ3v) is 11.1. The van der Waals surface area contributed by atoms with Gasteiger partial charge in [-0.1, -0.05) is 86.7 Å². The Morgan fingerprint density at radius 3 is 2.19 bits per heavy atom. The molecule has 0 saturated heterocycles. The Bertz CT molecular complexity index is 998. The third kappa shape index (κ3) is 3.77.